The first-order valence-electron chi connectivity index (χ1n) is 7.17. The number of thiazole rings is 1. The Morgan fingerprint density at radius 3 is 3.00 bits per heavy atom. The topological polar surface area (TPSA) is 54.0 Å². The van der Waals surface area contributed by atoms with Crippen molar-refractivity contribution in [2.24, 2.45) is 0 Å². The molecule has 2 N–H and O–H groups in total. The molecule has 3 rings (SSSR count). The van der Waals surface area contributed by atoms with Gasteiger partial charge in [0.2, 0.25) is 5.91 Å². The molecule has 2 heterocycles. The van der Waals surface area contributed by atoms with Gasteiger partial charge in [0.1, 0.15) is 5.01 Å². The van der Waals surface area contributed by atoms with Crippen molar-refractivity contribution in [2.45, 2.75) is 33.2 Å². The number of amides is 1. The van der Waals surface area contributed by atoms with E-state index in [1.54, 1.807) is 11.3 Å². The van der Waals surface area contributed by atoms with Gasteiger partial charge in [-0.15, -0.1) is 11.3 Å². The highest BCUT2D eigenvalue weighted by Crippen LogP contribution is 2.22. The second kappa shape index (κ2) is 5.95. The molecule has 0 saturated carbocycles. The molecule has 1 amide bonds. The summed E-state index contributed by atoms with van der Waals surface area (Å²) in [5.41, 5.74) is 4.43. The van der Waals surface area contributed by atoms with Gasteiger partial charge >= 0.3 is 0 Å². The van der Waals surface area contributed by atoms with Gasteiger partial charge in [-0.2, -0.15) is 0 Å². The minimum Gasteiger partial charge on any atom is -0.326 e. The van der Waals surface area contributed by atoms with Gasteiger partial charge in [0, 0.05) is 30.1 Å². The van der Waals surface area contributed by atoms with E-state index in [1.165, 1.54) is 16.0 Å². The number of hydrogen-bond acceptors (Lipinski definition) is 4. The Morgan fingerprint density at radius 2 is 2.24 bits per heavy atom. The maximum absolute atomic E-state index is 12.1. The smallest absolute Gasteiger partial charge is 0.231 e. The summed E-state index contributed by atoms with van der Waals surface area (Å²) in [6.07, 6.45) is 1.31. The van der Waals surface area contributed by atoms with E-state index in [0.717, 1.165) is 35.9 Å². The summed E-state index contributed by atoms with van der Waals surface area (Å²) in [6.45, 7) is 5.97. The van der Waals surface area contributed by atoms with Crippen LogP contribution in [0.2, 0.25) is 0 Å². The molecule has 0 aliphatic carbocycles. The summed E-state index contributed by atoms with van der Waals surface area (Å²) >= 11 is 1.65. The lowest BCUT2D eigenvalue weighted by molar-refractivity contribution is -0.115. The first-order chi connectivity index (χ1) is 10.1. The Morgan fingerprint density at radius 1 is 1.38 bits per heavy atom. The van der Waals surface area contributed by atoms with E-state index in [0.29, 0.717) is 6.42 Å². The Hall–Kier alpha value is -1.72. The van der Waals surface area contributed by atoms with E-state index in [-0.39, 0.29) is 5.91 Å². The van der Waals surface area contributed by atoms with Crippen LogP contribution in [0.15, 0.2) is 18.2 Å². The minimum absolute atomic E-state index is 0.00249. The maximum Gasteiger partial charge on any atom is 0.231 e. The van der Waals surface area contributed by atoms with Crippen LogP contribution in [0.25, 0.3) is 0 Å². The third-order valence-electron chi connectivity index (χ3n) is 3.75. The number of nitrogens with one attached hydrogen (secondary N) is 2. The van der Waals surface area contributed by atoms with E-state index in [4.69, 9.17) is 0 Å². The van der Waals surface area contributed by atoms with Crippen molar-refractivity contribution in [1.82, 2.24) is 10.3 Å². The highest BCUT2D eigenvalue weighted by Gasteiger charge is 2.16. The van der Waals surface area contributed by atoms with E-state index in [1.807, 2.05) is 25.1 Å². The minimum atomic E-state index is -0.00249. The fourth-order valence-electron chi connectivity index (χ4n) is 2.42. The van der Waals surface area contributed by atoms with Crippen LogP contribution in [0.3, 0.4) is 0 Å². The number of aromatic nitrogens is 1. The summed E-state index contributed by atoms with van der Waals surface area (Å²) in [7, 11) is 0. The number of nitrogens with zero attached hydrogens (tertiary/aromatic N) is 1. The quantitative estimate of drug-likeness (QED) is 0.916. The number of rotatable bonds is 3. The number of anilines is 1. The van der Waals surface area contributed by atoms with Crippen molar-refractivity contribution in [1.29, 1.82) is 0 Å². The molecule has 1 aromatic heterocycles. The lowest BCUT2D eigenvalue weighted by Crippen LogP contribution is -2.22. The molecule has 0 atom stereocenters. The van der Waals surface area contributed by atoms with Crippen LogP contribution in [-0.4, -0.2) is 17.4 Å². The van der Waals surface area contributed by atoms with Gasteiger partial charge in [-0.1, -0.05) is 6.07 Å². The molecule has 0 fully saturated rings. The highest BCUT2D eigenvalue weighted by molar-refractivity contribution is 7.11. The van der Waals surface area contributed by atoms with Gasteiger partial charge in [-0.05, 0) is 37.1 Å². The lowest BCUT2D eigenvalue weighted by Gasteiger charge is -2.09. The van der Waals surface area contributed by atoms with Gasteiger partial charge in [0.15, 0.2) is 0 Å². The molecule has 0 unspecified atom stereocenters. The zero-order valence-corrected chi connectivity index (χ0v) is 13.1. The van der Waals surface area contributed by atoms with E-state index >= 15 is 0 Å². The van der Waals surface area contributed by atoms with Crippen LogP contribution < -0.4 is 10.6 Å². The molecule has 1 aliphatic heterocycles. The zero-order valence-electron chi connectivity index (χ0n) is 12.3. The molecule has 4 nitrogen and oxygen atoms in total. The van der Waals surface area contributed by atoms with Crippen LogP contribution in [0.1, 0.15) is 26.7 Å². The number of carbonyl (C=O) groups is 1. The number of fused-ring (bicyclic) bond motifs is 1. The fourth-order valence-corrected chi connectivity index (χ4v) is 3.50. The van der Waals surface area contributed by atoms with Crippen LogP contribution in [0.5, 0.6) is 0 Å². The summed E-state index contributed by atoms with van der Waals surface area (Å²) in [5, 5.41) is 7.19. The van der Waals surface area contributed by atoms with Crippen molar-refractivity contribution in [3.05, 3.63) is 44.9 Å². The van der Waals surface area contributed by atoms with Gasteiger partial charge < -0.3 is 10.6 Å². The molecule has 0 bridgehead atoms. The van der Waals surface area contributed by atoms with Gasteiger partial charge in [0.25, 0.3) is 0 Å². The molecular formula is C16H19N3OS. The summed E-state index contributed by atoms with van der Waals surface area (Å²) in [6, 6.07) is 5.97. The normalized spacial score (nSPS) is 13.8. The van der Waals surface area contributed by atoms with E-state index < -0.39 is 0 Å². The Labute approximate surface area is 128 Å². The third-order valence-corrected chi connectivity index (χ3v) is 4.85. The van der Waals surface area contributed by atoms with Gasteiger partial charge in [-0.3, -0.25) is 4.79 Å². The largest absolute Gasteiger partial charge is 0.326 e. The molecule has 1 aliphatic rings. The summed E-state index contributed by atoms with van der Waals surface area (Å²) < 4.78 is 0. The summed E-state index contributed by atoms with van der Waals surface area (Å²) in [4.78, 5) is 18.0. The molecule has 0 saturated heterocycles. The molecular weight excluding hydrogens is 282 g/mol. The monoisotopic (exact) mass is 301 g/mol. The second-order valence-electron chi connectivity index (χ2n) is 5.43. The first-order valence-corrected chi connectivity index (χ1v) is 7.99. The predicted molar refractivity (Wildman–Crippen MR) is 85.8 cm³/mol. The predicted octanol–water partition coefficient (Wildman–Crippen LogP) is 2.59. The van der Waals surface area contributed by atoms with Gasteiger partial charge in [0.05, 0.1) is 12.1 Å². The van der Waals surface area contributed by atoms with Crippen molar-refractivity contribution in [3.8, 4) is 0 Å². The van der Waals surface area contributed by atoms with Crippen LogP contribution in [-0.2, 0) is 24.2 Å². The van der Waals surface area contributed by atoms with E-state index in [2.05, 4.69) is 22.5 Å². The average Bonchev–Trinajstić information content (AvgIpc) is 2.84. The third kappa shape index (κ3) is 3.31. The molecule has 0 spiro atoms. The van der Waals surface area contributed by atoms with Crippen molar-refractivity contribution in [2.75, 3.05) is 11.9 Å². The van der Waals surface area contributed by atoms with Crippen molar-refractivity contribution < 1.29 is 4.79 Å². The zero-order chi connectivity index (χ0) is 14.8. The Balaban J connectivity index is 1.66. The highest BCUT2D eigenvalue weighted by atomic mass is 32.1. The van der Waals surface area contributed by atoms with E-state index in [9.17, 15) is 4.79 Å². The standard InChI is InChI=1S/C16H19N3OS/c1-10-3-4-12(7-11(10)2)18-15(20)8-16-19-13-5-6-17-9-14(13)21-16/h3-4,7,17H,5-6,8-9H2,1-2H3,(H,18,20). The molecule has 21 heavy (non-hydrogen) atoms. The Bertz CT molecular complexity index is 655. The number of hydrogen-bond donors (Lipinski definition) is 2. The average molecular weight is 301 g/mol. The first kappa shape index (κ1) is 14.2. The molecule has 110 valence electrons. The van der Waals surface area contributed by atoms with Crippen molar-refractivity contribution in [3.63, 3.8) is 0 Å². The molecule has 0 radical (unpaired) electrons. The fraction of sp³-hybridized carbons (Fsp3) is 0.375. The molecule has 1 aromatic carbocycles. The second-order valence-corrected chi connectivity index (χ2v) is 6.60. The summed E-state index contributed by atoms with van der Waals surface area (Å²) in [5.74, 6) is -0.00249. The van der Waals surface area contributed by atoms with Crippen molar-refractivity contribution >= 4 is 22.9 Å². The lowest BCUT2D eigenvalue weighted by atomic mass is 10.1. The van der Waals surface area contributed by atoms with Crippen LogP contribution >= 0.6 is 11.3 Å². The van der Waals surface area contributed by atoms with Crippen LogP contribution in [0, 0.1) is 13.8 Å². The van der Waals surface area contributed by atoms with Gasteiger partial charge in [-0.25, -0.2) is 4.98 Å². The SMILES string of the molecule is Cc1ccc(NC(=O)Cc2nc3c(s2)CNCC3)cc1C. The number of benzene rings is 1. The number of aryl methyl sites for hydroxylation is 2. The number of carbonyl (C=O) groups excluding carboxylic acids is 1. The molecule has 5 heteroatoms. The Kier molecular flexibility index (Phi) is 4.03. The maximum atomic E-state index is 12.1. The molecule has 2 aromatic rings. The van der Waals surface area contributed by atoms with Crippen LogP contribution in [0.4, 0.5) is 5.69 Å².